The number of likely N-dealkylation sites (tertiary alicyclic amines) is 1. The van der Waals surface area contributed by atoms with Gasteiger partial charge >= 0.3 is 0 Å². The van der Waals surface area contributed by atoms with E-state index in [4.69, 9.17) is 0 Å². The molecule has 0 aromatic carbocycles. The van der Waals surface area contributed by atoms with Gasteiger partial charge in [-0.15, -0.1) is 16.4 Å². The molecule has 0 aliphatic carbocycles. The summed E-state index contributed by atoms with van der Waals surface area (Å²) in [5.41, 5.74) is 0. The second-order valence-corrected chi connectivity index (χ2v) is 6.87. The van der Waals surface area contributed by atoms with Gasteiger partial charge in [0.2, 0.25) is 5.16 Å². The van der Waals surface area contributed by atoms with Gasteiger partial charge in [0.15, 0.2) is 5.82 Å². The summed E-state index contributed by atoms with van der Waals surface area (Å²) in [7, 11) is 2.23. The van der Waals surface area contributed by atoms with Crippen molar-refractivity contribution in [1.82, 2.24) is 20.1 Å². The molecule has 3 heterocycles. The van der Waals surface area contributed by atoms with E-state index in [1.807, 2.05) is 6.07 Å². The number of H-pyrrole nitrogens is 1. The molecule has 3 rings (SSSR count). The highest BCUT2D eigenvalue weighted by Crippen LogP contribution is 2.25. The molecule has 0 radical (unpaired) electrons. The first-order valence-corrected chi connectivity index (χ1v) is 8.49. The van der Waals surface area contributed by atoms with E-state index < -0.39 is 0 Å². The fourth-order valence-corrected chi connectivity index (χ4v) is 3.97. The van der Waals surface area contributed by atoms with E-state index in [-0.39, 0.29) is 0 Å². The first kappa shape index (κ1) is 13.1. The third kappa shape index (κ3) is 3.19. The zero-order valence-corrected chi connectivity index (χ0v) is 12.6. The average Bonchev–Trinajstić information content (AvgIpc) is 3.11. The van der Waals surface area contributed by atoms with E-state index in [1.54, 1.807) is 23.1 Å². The van der Waals surface area contributed by atoms with Crippen LogP contribution in [0.1, 0.15) is 19.3 Å². The fourth-order valence-electron chi connectivity index (χ4n) is 2.46. The van der Waals surface area contributed by atoms with Crippen LogP contribution in [0.5, 0.6) is 0 Å². The van der Waals surface area contributed by atoms with E-state index in [9.17, 15) is 0 Å². The number of nitrogens with one attached hydrogen (secondary N) is 1. The summed E-state index contributed by atoms with van der Waals surface area (Å²) >= 11 is 3.44. The Balaban J connectivity index is 1.50. The Bertz CT molecular complexity index is 508. The monoisotopic (exact) mass is 294 g/mol. The molecule has 1 N–H and O–H groups in total. The van der Waals surface area contributed by atoms with Crippen molar-refractivity contribution in [2.24, 2.45) is 0 Å². The Kier molecular flexibility index (Phi) is 4.20. The van der Waals surface area contributed by atoms with E-state index in [0.717, 1.165) is 27.7 Å². The van der Waals surface area contributed by atoms with Gasteiger partial charge in [-0.2, -0.15) is 0 Å². The quantitative estimate of drug-likeness (QED) is 0.861. The normalized spacial score (nSPS) is 20.2. The van der Waals surface area contributed by atoms with Crippen LogP contribution in [-0.4, -0.2) is 45.5 Å². The van der Waals surface area contributed by atoms with Crippen LogP contribution in [0.4, 0.5) is 0 Å². The number of hydrogen-bond acceptors (Lipinski definition) is 5. The van der Waals surface area contributed by atoms with Crippen molar-refractivity contribution in [3.63, 3.8) is 0 Å². The first-order valence-electron chi connectivity index (χ1n) is 6.62. The van der Waals surface area contributed by atoms with E-state index in [1.165, 1.54) is 25.8 Å². The molecule has 1 aliphatic rings. The molecule has 2 aromatic rings. The molecule has 0 saturated carbocycles. The maximum Gasteiger partial charge on any atom is 0.208 e. The number of nitrogens with zero attached hydrogens (tertiary/aromatic N) is 3. The van der Waals surface area contributed by atoms with E-state index in [0.29, 0.717) is 0 Å². The first-order chi connectivity index (χ1) is 9.33. The SMILES string of the molecule is CN1CCC[C@H]1CCSc1n[nH]c(-c2cccs2)n1. The highest BCUT2D eigenvalue weighted by molar-refractivity contribution is 7.99. The van der Waals surface area contributed by atoms with Crippen LogP contribution in [0.15, 0.2) is 22.7 Å². The maximum absolute atomic E-state index is 4.53. The largest absolute Gasteiger partial charge is 0.303 e. The Morgan fingerprint density at radius 2 is 2.53 bits per heavy atom. The minimum Gasteiger partial charge on any atom is -0.303 e. The van der Waals surface area contributed by atoms with Crippen LogP contribution in [0, 0.1) is 0 Å². The van der Waals surface area contributed by atoms with Gasteiger partial charge in [0, 0.05) is 11.8 Å². The summed E-state index contributed by atoms with van der Waals surface area (Å²) in [4.78, 5) is 8.14. The number of hydrogen-bond donors (Lipinski definition) is 1. The minimum absolute atomic E-state index is 0.753. The molecule has 19 heavy (non-hydrogen) atoms. The summed E-state index contributed by atoms with van der Waals surface area (Å²) in [6, 6.07) is 4.85. The number of aromatic nitrogens is 3. The van der Waals surface area contributed by atoms with E-state index in [2.05, 4.69) is 38.6 Å². The molecule has 4 nitrogen and oxygen atoms in total. The fraction of sp³-hybridized carbons (Fsp3) is 0.538. The second-order valence-electron chi connectivity index (χ2n) is 4.86. The lowest BCUT2D eigenvalue weighted by atomic mass is 10.2. The number of thiophene rings is 1. The van der Waals surface area contributed by atoms with Gasteiger partial charge in [-0.1, -0.05) is 17.8 Å². The lowest BCUT2D eigenvalue weighted by molar-refractivity contribution is 0.305. The lowest BCUT2D eigenvalue weighted by Gasteiger charge is -2.18. The molecule has 1 fully saturated rings. The van der Waals surface area contributed by atoms with Crippen molar-refractivity contribution in [1.29, 1.82) is 0 Å². The summed E-state index contributed by atoms with van der Waals surface area (Å²) in [6.45, 7) is 1.25. The Hall–Kier alpha value is -0.850. The topological polar surface area (TPSA) is 44.8 Å². The van der Waals surface area contributed by atoms with Crippen LogP contribution in [0.2, 0.25) is 0 Å². The highest BCUT2D eigenvalue weighted by Gasteiger charge is 2.20. The Labute approximate surface area is 121 Å². The summed E-state index contributed by atoms with van der Waals surface area (Å²) in [5, 5.41) is 10.2. The summed E-state index contributed by atoms with van der Waals surface area (Å²) < 4.78 is 0. The molecular formula is C13H18N4S2. The zero-order valence-electron chi connectivity index (χ0n) is 11.0. The van der Waals surface area contributed by atoms with E-state index >= 15 is 0 Å². The molecule has 0 spiro atoms. The van der Waals surface area contributed by atoms with Crippen molar-refractivity contribution < 1.29 is 0 Å². The molecule has 0 bridgehead atoms. The molecule has 102 valence electrons. The smallest absolute Gasteiger partial charge is 0.208 e. The molecular weight excluding hydrogens is 276 g/mol. The second kappa shape index (κ2) is 6.07. The van der Waals surface area contributed by atoms with Gasteiger partial charge in [0.1, 0.15) is 0 Å². The number of rotatable bonds is 5. The Morgan fingerprint density at radius 1 is 1.58 bits per heavy atom. The minimum atomic E-state index is 0.753. The maximum atomic E-state index is 4.53. The van der Waals surface area contributed by atoms with Gasteiger partial charge in [0.25, 0.3) is 0 Å². The van der Waals surface area contributed by atoms with Crippen molar-refractivity contribution in [3.05, 3.63) is 17.5 Å². The predicted molar refractivity (Wildman–Crippen MR) is 80.7 cm³/mol. The van der Waals surface area contributed by atoms with Gasteiger partial charge in [-0.25, -0.2) is 4.98 Å². The number of aromatic amines is 1. The molecule has 2 aromatic heterocycles. The van der Waals surface area contributed by atoms with Crippen LogP contribution >= 0.6 is 23.1 Å². The third-order valence-corrected chi connectivity index (χ3v) is 5.33. The average molecular weight is 294 g/mol. The summed E-state index contributed by atoms with van der Waals surface area (Å²) in [6.07, 6.45) is 3.91. The van der Waals surface area contributed by atoms with Crippen LogP contribution in [0.3, 0.4) is 0 Å². The zero-order chi connectivity index (χ0) is 13.1. The van der Waals surface area contributed by atoms with Gasteiger partial charge in [0.05, 0.1) is 4.88 Å². The predicted octanol–water partition coefficient (Wildman–Crippen LogP) is 3.11. The van der Waals surface area contributed by atoms with Crippen LogP contribution < -0.4 is 0 Å². The molecule has 0 unspecified atom stereocenters. The Morgan fingerprint density at radius 3 is 3.26 bits per heavy atom. The highest BCUT2D eigenvalue weighted by atomic mass is 32.2. The third-order valence-electron chi connectivity index (χ3n) is 3.57. The van der Waals surface area contributed by atoms with Crippen molar-refractivity contribution in [2.75, 3.05) is 19.3 Å². The summed E-state index contributed by atoms with van der Waals surface area (Å²) in [5.74, 6) is 1.98. The van der Waals surface area contributed by atoms with Gasteiger partial charge < -0.3 is 4.90 Å². The standard InChI is InChI=1S/C13H18N4S2/c1-17-7-2-4-10(17)6-9-19-13-14-12(15-16-13)11-5-3-8-18-11/h3,5,8,10H,2,4,6-7,9H2,1H3,(H,14,15,16)/t10-/m0/s1. The number of thioether (sulfide) groups is 1. The molecule has 1 saturated heterocycles. The van der Waals surface area contributed by atoms with Crippen molar-refractivity contribution in [3.8, 4) is 10.7 Å². The van der Waals surface area contributed by atoms with Crippen molar-refractivity contribution >= 4 is 23.1 Å². The van der Waals surface area contributed by atoms with Crippen LogP contribution in [0.25, 0.3) is 10.7 Å². The molecule has 1 aliphatic heterocycles. The molecule has 0 amide bonds. The van der Waals surface area contributed by atoms with Crippen LogP contribution in [-0.2, 0) is 0 Å². The van der Waals surface area contributed by atoms with Crippen molar-refractivity contribution in [2.45, 2.75) is 30.5 Å². The van der Waals surface area contributed by atoms with Gasteiger partial charge in [-0.05, 0) is 44.3 Å². The van der Waals surface area contributed by atoms with Gasteiger partial charge in [-0.3, -0.25) is 5.10 Å². The lowest BCUT2D eigenvalue weighted by Crippen LogP contribution is -2.25. The molecule has 1 atom stereocenters. The molecule has 6 heteroatoms.